The lowest BCUT2D eigenvalue weighted by molar-refractivity contribution is -0.140. The Morgan fingerprint density at radius 2 is 1.78 bits per heavy atom. The van der Waals surface area contributed by atoms with Crippen LogP contribution in [0.4, 0.5) is 4.39 Å². The van der Waals surface area contributed by atoms with Gasteiger partial charge in [-0.25, -0.2) is 17.5 Å². The number of hydrogen-bond acceptors (Lipinski definition) is 6. The predicted octanol–water partition coefficient (Wildman–Crippen LogP) is 3.63. The van der Waals surface area contributed by atoms with Gasteiger partial charge in [0.15, 0.2) is 0 Å². The van der Waals surface area contributed by atoms with Gasteiger partial charge in [0.1, 0.15) is 16.8 Å². The van der Waals surface area contributed by atoms with Gasteiger partial charge < -0.3 is 15.1 Å². The van der Waals surface area contributed by atoms with Crippen molar-refractivity contribution in [3.63, 3.8) is 0 Å². The molecule has 0 aliphatic carbocycles. The Labute approximate surface area is 246 Å². The average molecular weight is 621 g/mol. The lowest BCUT2D eigenvalue weighted by atomic mass is 10.0. The summed E-state index contributed by atoms with van der Waals surface area (Å²) < 4.78 is 41.8. The largest absolute Gasteiger partial charge is 0.340 e. The minimum atomic E-state index is -4.14. The fourth-order valence-electron chi connectivity index (χ4n) is 5.49. The van der Waals surface area contributed by atoms with Gasteiger partial charge in [0.25, 0.3) is 5.91 Å². The van der Waals surface area contributed by atoms with E-state index in [0.717, 1.165) is 28.3 Å². The normalized spacial score (nSPS) is 19.2. The van der Waals surface area contributed by atoms with Crippen molar-refractivity contribution in [1.82, 2.24) is 19.8 Å². The second kappa shape index (κ2) is 11.7. The number of nitrogens with zero attached hydrogens (tertiary/aromatic N) is 2. The molecular formula is C28H30ClFN4O5S2. The molecule has 1 aromatic heterocycles. The number of nitrogens with one attached hydrogen (secondary N) is 2. The summed E-state index contributed by atoms with van der Waals surface area (Å²) in [5.74, 6) is -1.41. The number of benzene rings is 2. The number of fused-ring (bicyclic) bond motifs is 3. The van der Waals surface area contributed by atoms with Crippen molar-refractivity contribution in [2.24, 2.45) is 5.92 Å². The minimum Gasteiger partial charge on any atom is -0.340 e. The standard InChI is InChI=1S/C28H30ClFN4O5S2/c1-16(2)9-22(32-27(36)24-10-17-5-3-4-6-23(17)40-24)28(37)34-15-19-12-20(34)14-33(19)26(35)13-31-41(38,39)25-8-7-18(30)11-21(25)29/h3-8,10-11,16,19-20,22,31H,9,12-15H2,1-2H3,(H,32,36)/t19-,20-,22?/m0/s1. The van der Waals surface area contributed by atoms with Crippen molar-refractivity contribution >= 4 is 60.8 Å². The number of sulfonamides is 1. The van der Waals surface area contributed by atoms with E-state index in [9.17, 15) is 27.2 Å². The maximum atomic E-state index is 13.6. The Morgan fingerprint density at radius 1 is 1.07 bits per heavy atom. The van der Waals surface area contributed by atoms with Gasteiger partial charge in [-0.3, -0.25) is 14.4 Å². The number of hydrogen-bond donors (Lipinski definition) is 2. The zero-order valence-corrected chi connectivity index (χ0v) is 24.9. The Kier molecular flexibility index (Phi) is 8.38. The SMILES string of the molecule is CC(C)CC(NC(=O)c1cc2ccccc2s1)C(=O)N1C[C@@H]2C[C@H]1CN2C(=O)CNS(=O)(=O)c1ccc(F)cc1Cl. The smallest absolute Gasteiger partial charge is 0.262 e. The van der Waals surface area contributed by atoms with Crippen molar-refractivity contribution in [2.45, 2.75) is 49.7 Å². The third-order valence-corrected chi connectivity index (χ3v) is 10.4. The van der Waals surface area contributed by atoms with Gasteiger partial charge in [0, 0.05) is 17.8 Å². The molecule has 9 nitrogen and oxygen atoms in total. The van der Waals surface area contributed by atoms with Crippen LogP contribution in [0.25, 0.3) is 10.1 Å². The molecule has 1 unspecified atom stereocenters. The van der Waals surface area contributed by atoms with Crippen LogP contribution in [0.2, 0.25) is 5.02 Å². The first-order valence-corrected chi connectivity index (χ1v) is 15.9. The summed E-state index contributed by atoms with van der Waals surface area (Å²) in [5, 5.41) is 3.63. The molecule has 2 aromatic carbocycles. The quantitative estimate of drug-likeness (QED) is 0.379. The van der Waals surface area contributed by atoms with Crippen molar-refractivity contribution in [3.8, 4) is 0 Å². The molecule has 5 rings (SSSR count). The number of carbonyl (C=O) groups excluding carboxylic acids is 3. The van der Waals surface area contributed by atoms with Gasteiger partial charge in [-0.2, -0.15) is 0 Å². The first-order valence-electron chi connectivity index (χ1n) is 13.3. The molecule has 0 spiro atoms. The maximum absolute atomic E-state index is 13.6. The van der Waals surface area contributed by atoms with Gasteiger partial charge in [-0.1, -0.05) is 43.6 Å². The number of piperazine rings is 1. The van der Waals surface area contributed by atoms with Crippen LogP contribution in [-0.4, -0.2) is 73.7 Å². The van der Waals surface area contributed by atoms with Crippen LogP contribution in [0.3, 0.4) is 0 Å². The molecule has 2 fully saturated rings. The van der Waals surface area contributed by atoms with E-state index >= 15 is 0 Å². The van der Waals surface area contributed by atoms with Gasteiger partial charge in [-0.15, -0.1) is 11.3 Å². The summed E-state index contributed by atoms with van der Waals surface area (Å²) in [5.41, 5.74) is 0. The number of thiophene rings is 1. The van der Waals surface area contributed by atoms with E-state index in [1.165, 1.54) is 11.3 Å². The molecule has 3 aromatic rings. The van der Waals surface area contributed by atoms with Crippen LogP contribution in [0.5, 0.6) is 0 Å². The van der Waals surface area contributed by atoms with E-state index < -0.39 is 34.3 Å². The molecular weight excluding hydrogens is 591 g/mol. The van der Waals surface area contributed by atoms with E-state index in [4.69, 9.17) is 11.6 Å². The fraction of sp³-hybridized carbons (Fsp3) is 0.393. The van der Waals surface area contributed by atoms with Crippen LogP contribution in [0.1, 0.15) is 36.4 Å². The van der Waals surface area contributed by atoms with Crippen LogP contribution in [0.15, 0.2) is 53.4 Å². The Bertz CT molecular complexity index is 1580. The second-order valence-electron chi connectivity index (χ2n) is 10.8. The first kappa shape index (κ1) is 29.4. The van der Waals surface area contributed by atoms with E-state index in [0.29, 0.717) is 24.3 Å². The predicted molar refractivity (Wildman–Crippen MR) is 155 cm³/mol. The Morgan fingerprint density at radius 3 is 2.44 bits per heavy atom. The number of likely N-dealkylation sites (tertiary alicyclic amines) is 2. The number of halogens is 2. The first-order chi connectivity index (χ1) is 19.4. The molecule has 218 valence electrons. The number of rotatable bonds is 9. The molecule has 2 N–H and O–H groups in total. The van der Waals surface area contributed by atoms with Gasteiger partial charge in [-0.05, 0) is 54.5 Å². The monoisotopic (exact) mass is 620 g/mol. The van der Waals surface area contributed by atoms with Gasteiger partial charge in [0.2, 0.25) is 21.8 Å². The van der Waals surface area contributed by atoms with Crippen LogP contribution in [-0.2, 0) is 19.6 Å². The molecule has 0 saturated carbocycles. The highest BCUT2D eigenvalue weighted by molar-refractivity contribution is 7.89. The average Bonchev–Trinajstić information content (AvgIpc) is 3.65. The minimum absolute atomic E-state index is 0.159. The summed E-state index contributed by atoms with van der Waals surface area (Å²) in [6.45, 7) is 4.06. The zero-order valence-electron chi connectivity index (χ0n) is 22.5. The van der Waals surface area contributed by atoms with Crippen molar-refractivity contribution < 1.29 is 27.2 Å². The summed E-state index contributed by atoms with van der Waals surface area (Å²) in [6.07, 6.45) is 1.05. The van der Waals surface area contributed by atoms with Crippen LogP contribution >= 0.6 is 22.9 Å². The molecule has 0 radical (unpaired) electrons. The van der Waals surface area contributed by atoms with Gasteiger partial charge in [0.05, 0.1) is 28.5 Å². The van der Waals surface area contributed by atoms with E-state index in [2.05, 4.69) is 10.0 Å². The summed E-state index contributed by atoms with van der Waals surface area (Å²) in [7, 11) is -4.14. The number of amides is 3. The highest BCUT2D eigenvalue weighted by Crippen LogP contribution is 2.32. The molecule has 3 heterocycles. The maximum Gasteiger partial charge on any atom is 0.262 e. The summed E-state index contributed by atoms with van der Waals surface area (Å²) in [6, 6.07) is 11.3. The van der Waals surface area contributed by atoms with E-state index in [-0.39, 0.29) is 46.3 Å². The third kappa shape index (κ3) is 6.25. The molecule has 2 bridgehead atoms. The third-order valence-electron chi connectivity index (χ3n) is 7.40. The van der Waals surface area contributed by atoms with Gasteiger partial charge >= 0.3 is 0 Å². The molecule has 13 heteroatoms. The highest BCUT2D eigenvalue weighted by atomic mass is 35.5. The Balaban J connectivity index is 1.20. The lowest BCUT2D eigenvalue weighted by Crippen LogP contribution is -2.57. The molecule has 2 aliphatic heterocycles. The van der Waals surface area contributed by atoms with Crippen LogP contribution in [0, 0.1) is 11.7 Å². The molecule has 3 atom stereocenters. The molecule has 3 amide bonds. The van der Waals surface area contributed by atoms with Crippen molar-refractivity contribution in [1.29, 1.82) is 0 Å². The topological polar surface area (TPSA) is 116 Å². The zero-order chi connectivity index (χ0) is 29.5. The molecule has 41 heavy (non-hydrogen) atoms. The molecule has 2 saturated heterocycles. The highest BCUT2D eigenvalue weighted by Gasteiger charge is 2.48. The van der Waals surface area contributed by atoms with Crippen molar-refractivity contribution in [3.05, 3.63) is 64.2 Å². The summed E-state index contributed by atoms with van der Waals surface area (Å²) in [4.78, 5) is 43.2. The van der Waals surface area contributed by atoms with Crippen LogP contribution < -0.4 is 10.0 Å². The second-order valence-corrected chi connectivity index (χ2v) is 14.0. The lowest BCUT2D eigenvalue weighted by Gasteiger charge is -2.36. The molecule has 2 aliphatic rings. The van der Waals surface area contributed by atoms with Crippen molar-refractivity contribution in [2.75, 3.05) is 19.6 Å². The number of carbonyl (C=O) groups is 3. The fourth-order valence-corrected chi connectivity index (χ4v) is 7.96. The van der Waals surface area contributed by atoms with E-state index in [1.807, 2.05) is 44.2 Å². The Hall–Kier alpha value is -3.06. The van der Waals surface area contributed by atoms with E-state index in [1.54, 1.807) is 9.80 Å². The summed E-state index contributed by atoms with van der Waals surface area (Å²) >= 11 is 7.26.